The SMILES string of the molecule is CCCCCCCCCCCCCCCC(O)C(=O)NC(COC1OC(CO)C(O)C(O)C1O)C(O)CCCCCCCCCCCCC. The van der Waals surface area contributed by atoms with E-state index in [-0.39, 0.29) is 6.61 Å². The Hall–Kier alpha value is -0.850. The number of aliphatic hydroxyl groups is 6. The van der Waals surface area contributed by atoms with Crippen molar-refractivity contribution in [2.45, 2.75) is 230 Å². The van der Waals surface area contributed by atoms with Crippen LogP contribution < -0.4 is 5.32 Å². The van der Waals surface area contributed by atoms with Crippen LogP contribution in [0.1, 0.15) is 181 Å². The molecule has 7 N–H and O–H groups in total. The molecule has 0 aromatic rings. The van der Waals surface area contributed by atoms with Crippen LogP contribution in [0.3, 0.4) is 0 Å². The molecule has 0 aromatic carbocycles. The molecule has 8 atom stereocenters. The first kappa shape index (κ1) is 46.2. The summed E-state index contributed by atoms with van der Waals surface area (Å²) in [6.45, 7) is 3.63. The molecule has 8 unspecified atom stereocenters. The maximum atomic E-state index is 13.0. The van der Waals surface area contributed by atoms with Gasteiger partial charge in [-0.1, -0.05) is 168 Å². The van der Waals surface area contributed by atoms with Crippen molar-refractivity contribution in [2.24, 2.45) is 0 Å². The van der Waals surface area contributed by atoms with Crippen molar-refractivity contribution in [1.29, 1.82) is 0 Å². The molecule has 1 rings (SSSR count). The fourth-order valence-electron chi connectivity index (χ4n) is 6.64. The highest BCUT2D eigenvalue weighted by Crippen LogP contribution is 2.23. The molecule has 0 aliphatic carbocycles. The molecule has 292 valence electrons. The van der Waals surface area contributed by atoms with Crippen molar-refractivity contribution in [2.75, 3.05) is 13.2 Å². The fourth-order valence-corrected chi connectivity index (χ4v) is 6.64. The molecule has 1 aliphatic rings. The van der Waals surface area contributed by atoms with E-state index in [1.54, 1.807) is 0 Å². The van der Waals surface area contributed by atoms with E-state index in [1.165, 1.54) is 109 Å². The summed E-state index contributed by atoms with van der Waals surface area (Å²) >= 11 is 0. The summed E-state index contributed by atoms with van der Waals surface area (Å²) in [6, 6.07) is -0.885. The minimum absolute atomic E-state index is 0.251. The molecule has 1 aliphatic heterocycles. The zero-order valence-corrected chi connectivity index (χ0v) is 31.3. The average molecular weight is 704 g/mol. The smallest absolute Gasteiger partial charge is 0.249 e. The first-order valence-corrected chi connectivity index (χ1v) is 20.3. The molecule has 0 saturated carbocycles. The van der Waals surface area contributed by atoms with Crippen molar-refractivity contribution in [3.8, 4) is 0 Å². The zero-order chi connectivity index (χ0) is 36.1. The normalized spacial score (nSPS) is 23.0. The van der Waals surface area contributed by atoms with Gasteiger partial charge >= 0.3 is 0 Å². The van der Waals surface area contributed by atoms with E-state index >= 15 is 0 Å². The van der Waals surface area contributed by atoms with Crippen molar-refractivity contribution in [1.82, 2.24) is 5.32 Å². The lowest BCUT2D eigenvalue weighted by atomic mass is 9.99. The van der Waals surface area contributed by atoms with Gasteiger partial charge in [0.1, 0.15) is 30.5 Å². The van der Waals surface area contributed by atoms with E-state index in [1.807, 2.05) is 0 Å². The zero-order valence-electron chi connectivity index (χ0n) is 31.3. The van der Waals surface area contributed by atoms with E-state index in [9.17, 15) is 35.4 Å². The Morgan fingerprint density at radius 3 is 1.45 bits per heavy atom. The third-order valence-electron chi connectivity index (χ3n) is 10.1. The molecule has 1 fully saturated rings. The summed E-state index contributed by atoms with van der Waals surface area (Å²) < 4.78 is 11.1. The predicted molar refractivity (Wildman–Crippen MR) is 195 cm³/mol. The summed E-state index contributed by atoms with van der Waals surface area (Å²) in [5, 5.41) is 64.5. The number of rotatable bonds is 33. The number of amides is 1. The highest BCUT2D eigenvalue weighted by atomic mass is 16.7. The molecule has 0 spiro atoms. The Bertz CT molecular complexity index is 758. The molecule has 1 heterocycles. The summed E-state index contributed by atoms with van der Waals surface area (Å²) in [7, 11) is 0. The van der Waals surface area contributed by atoms with Gasteiger partial charge in [0, 0.05) is 0 Å². The van der Waals surface area contributed by atoms with E-state index in [0.29, 0.717) is 12.8 Å². The quantitative estimate of drug-likeness (QED) is 0.0394. The van der Waals surface area contributed by atoms with Gasteiger partial charge in [0.2, 0.25) is 5.91 Å². The van der Waals surface area contributed by atoms with Crippen LogP contribution in [-0.2, 0) is 14.3 Å². The number of aliphatic hydroxyl groups excluding tert-OH is 6. The molecule has 49 heavy (non-hydrogen) atoms. The van der Waals surface area contributed by atoms with Crippen molar-refractivity contribution in [3.05, 3.63) is 0 Å². The van der Waals surface area contributed by atoms with Gasteiger partial charge in [-0.25, -0.2) is 0 Å². The van der Waals surface area contributed by atoms with Crippen LogP contribution >= 0.6 is 0 Å². The average Bonchev–Trinajstić information content (AvgIpc) is 3.10. The van der Waals surface area contributed by atoms with Crippen LogP contribution in [0.4, 0.5) is 0 Å². The Morgan fingerprint density at radius 2 is 1.02 bits per heavy atom. The summed E-state index contributed by atoms with van der Waals surface area (Å²) in [5.74, 6) is -0.584. The van der Waals surface area contributed by atoms with Gasteiger partial charge in [0.25, 0.3) is 0 Å². The molecule has 10 nitrogen and oxygen atoms in total. The third kappa shape index (κ3) is 22.0. The summed E-state index contributed by atoms with van der Waals surface area (Å²) in [6.07, 6.45) is 20.1. The van der Waals surface area contributed by atoms with Crippen LogP contribution in [0, 0.1) is 0 Å². The monoisotopic (exact) mass is 704 g/mol. The van der Waals surface area contributed by atoms with Crippen molar-refractivity contribution in [3.63, 3.8) is 0 Å². The number of hydrogen-bond donors (Lipinski definition) is 7. The largest absolute Gasteiger partial charge is 0.394 e. The molecule has 1 amide bonds. The number of carbonyl (C=O) groups is 1. The van der Waals surface area contributed by atoms with Gasteiger partial charge in [-0.15, -0.1) is 0 Å². The second-order valence-corrected chi connectivity index (χ2v) is 14.6. The standard InChI is InChI=1S/C39H77NO9/c1-3-5-7-9-11-13-15-16-18-20-22-24-26-28-33(43)38(47)40-31(30-48-39-37(46)36(45)35(44)34(29-41)49-39)32(42)27-25-23-21-19-17-14-12-10-8-6-4-2/h31-37,39,41-46H,3-30H2,1-2H3,(H,40,47). The molecular weight excluding hydrogens is 626 g/mol. The first-order chi connectivity index (χ1) is 23.8. The van der Waals surface area contributed by atoms with Gasteiger partial charge in [-0.3, -0.25) is 4.79 Å². The first-order valence-electron chi connectivity index (χ1n) is 20.3. The van der Waals surface area contributed by atoms with Crippen molar-refractivity contribution >= 4 is 5.91 Å². The fraction of sp³-hybridized carbons (Fsp3) is 0.974. The van der Waals surface area contributed by atoms with Crippen LogP contribution in [0.5, 0.6) is 0 Å². The number of nitrogens with one attached hydrogen (secondary N) is 1. The van der Waals surface area contributed by atoms with Crippen LogP contribution in [0.2, 0.25) is 0 Å². The van der Waals surface area contributed by atoms with Gasteiger partial charge in [-0.2, -0.15) is 0 Å². The van der Waals surface area contributed by atoms with E-state index in [4.69, 9.17) is 9.47 Å². The lowest BCUT2D eigenvalue weighted by Gasteiger charge is -2.40. The molecule has 0 aromatic heterocycles. The van der Waals surface area contributed by atoms with Gasteiger partial charge in [0.05, 0.1) is 25.4 Å². The Labute approximate surface area is 298 Å². The maximum Gasteiger partial charge on any atom is 0.249 e. The van der Waals surface area contributed by atoms with E-state index in [2.05, 4.69) is 19.2 Å². The van der Waals surface area contributed by atoms with Crippen LogP contribution in [0.25, 0.3) is 0 Å². The van der Waals surface area contributed by atoms with E-state index in [0.717, 1.165) is 44.9 Å². The molecule has 1 saturated heterocycles. The molecule has 0 radical (unpaired) electrons. The molecule has 0 bridgehead atoms. The third-order valence-corrected chi connectivity index (χ3v) is 10.1. The van der Waals surface area contributed by atoms with Crippen LogP contribution in [-0.4, -0.2) is 98.7 Å². The highest BCUT2D eigenvalue weighted by molar-refractivity contribution is 5.80. The van der Waals surface area contributed by atoms with Gasteiger partial charge in [0.15, 0.2) is 6.29 Å². The Balaban J connectivity index is 2.46. The predicted octanol–water partition coefficient (Wildman–Crippen LogP) is 6.19. The highest BCUT2D eigenvalue weighted by Gasteiger charge is 2.44. The lowest BCUT2D eigenvalue weighted by molar-refractivity contribution is -0.302. The minimum atomic E-state index is -1.59. The maximum absolute atomic E-state index is 13.0. The number of carbonyl (C=O) groups excluding carboxylic acids is 1. The number of unbranched alkanes of at least 4 members (excludes halogenated alkanes) is 22. The van der Waals surface area contributed by atoms with E-state index < -0.39 is 61.5 Å². The lowest BCUT2D eigenvalue weighted by Crippen LogP contribution is -2.60. The number of ether oxygens (including phenoxy) is 2. The van der Waals surface area contributed by atoms with Crippen molar-refractivity contribution < 1.29 is 44.9 Å². The topological polar surface area (TPSA) is 169 Å². The Morgan fingerprint density at radius 1 is 0.612 bits per heavy atom. The van der Waals surface area contributed by atoms with Gasteiger partial charge in [-0.05, 0) is 12.8 Å². The second kappa shape index (κ2) is 30.7. The summed E-state index contributed by atoms with van der Waals surface area (Å²) in [5.41, 5.74) is 0. The Kier molecular flexibility index (Phi) is 29.0. The molecular formula is C39H77NO9. The van der Waals surface area contributed by atoms with Crippen LogP contribution in [0.15, 0.2) is 0 Å². The molecule has 10 heteroatoms. The minimum Gasteiger partial charge on any atom is -0.394 e. The second-order valence-electron chi connectivity index (χ2n) is 14.6. The number of hydrogen-bond acceptors (Lipinski definition) is 9. The van der Waals surface area contributed by atoms with Gasteiger partial charge < -0.3 is 45.4 Å². The summed E-state index contributed by atoms with van der Waals surface area (Å²) in [4.78, 5) is 13.0.